The van der Waals surface area contributed by atoms with Crippen molar-refractivity contribution in [3.05, 3.63) is 64.9 Å². The van der Waals surface area contributed by atoms with E-state index in [0.29, 0.717) is 36.8 Å². The minimum atomic E-state index is -0.507. The van der Waals surface area contributed by atoms with Crippen molar-refractivity contribution in [1.82, 2.24) is 14.8 Å². The predicted octanol–water partition coefficient (Wildman–Crippen LogP) is 2.41. The van der Waals surface area contributed by atoms with Crippen LogP contribution in [-0.4, -0.2) is 59.9 Å². The summed E-state index contributed by atoms with van der Waals surface area (Å²) in [7, 11) is 1.38. The van der Waals surface area contributed by atoms with E-state index in [4.69, 9.17) is 16.3 Å². The van der Waals surface area contributed by atoms with Crippen LogP contribution in [0, 0.1) is 0 Å². The Kier molecular flexibility index (Phi) is 5.85. The van der Waals surface area contributed by atoms with Gasteiger partial charge in [-0.2, -0.15) is 0 Å². The van der Waals surface area contributed by atoms with Crippen molar-refractivity contribution in [1.29, 1.82) is 0 Å². The van der Waals surface area contributed by atoms with Gasteiger partial charge in [0.25, 0.3) is 5.91 Å². The summed E-state index contributed by atoms with van der Waals surface area (Å²) < 4.78 is 4.99. The highest BCUT2D eigenvalue weighted by atomic mass is 35.5. The number of halogens is 1. The van der Waals surface area contributed by atoms with Gasteiger partial charge in [-0.3, -0.25) is 14.7 Å². The summed E-state index contributed by atoms with van der Waals surface area (Å²) in [6.07, 6.45) is 3.21. The van der Waals surface area contributed by atoms with Crippen LogP contribution in [0.5, 0.6) is 0 Å². The molecule has 1 fully saturated rings. The maximum absolute atomic E-state index is 12.5. The number of benzene rings is 1. The fraction of sp³-hybridized carbons (Fsp3) is 0.316. The number of methoxy groups -OCH3 is 1. The lowest BCUT2D eigenvalue weighted by Crippen LogP contribution is -2.51. The standard InChI is InChI=1S/C19H20ClN3O3/c1-26-19(25)17(14-4-6-16(20)7-5-14)22-9-11-23(12-10-22)18(24)15-3-2-8-21-13-15/h2-8,13,17H,9-12H2,1H3/t17-/m1/s1. The average molecular weight is 374 g/mol. The maximum atomic E-state index is 12.5. The molecule has 0 unspecified atom stereocenters. The number of carbonyl (C=O) groups is 2. The van der Waals surface area contributed by atoms with Gasteiger partial charge in [-0.05, 0) is 29.8 Å². The second-order valence-corrected chi connectivity index (χ2v) is 6.48. The van der Waals surface area contributed by atoms with Gasteiger partial charge < -0.3 is 9.64 Å². The first kappa shape index (κ1) is 18.4. The van der Waals surface area contributed by atoms with Crippen molar-refractivity contribution in [2.75, 3.05) is 33.3 Å². The van der Waals surface area contributed by atoms with Crippen LogP contribution >= 0.6 is 11.6 Å². The summed E-state index contributed by atoms with van der Waals surface area (Å²) in [5.74, 6) is -0.363. The van der Waals surface area contributed by atoms with Gasteiger partial charge in [-0.15, -0.1) is 0 Å². The van der Waals surface area contributed by atoms with E-state index < -0.39 is 6.04 Å². The Hall–Kier alpha value is -2.44. The number of hydrogen-bond acceptors (Lipinski definition) is 5. The number of piperazine rings is 1. The third-order valence-corrected chi connectivity index (χ3v) is 4.74. The van der Waals surface area contributed by atoms with E-state index in [1.165, 1.54) is 7.11 Å². The van der Waals surface area contributed by atoms with Crippen LogP contribution in [0.25, 0.3) is 0 Å². The molecule has 0 radical (unpaired) electrons. The van der Waals surface area contributed by atoms with Crippen LogP contribution in [0.1, 0.15) is 22.0 Å². The number of amides is 1. The molecule has 0 bridgehead atoms. The summed E-state index contributed by atoms with van der Waals surface area (Å²) in [5.41, 5.74) is 1.40. The van der Waals surface area contributed by atoms with E-state index in [0.717, 1.165) is 5.56 Å². The molecule has 2 heterocycles. The molecule has 2 aromatic rings. The lowest BCUT2D eigenvalue weighted by atomic mass is 10.0. The van der Waals surface area contributed by atoms with Crippen molar-refractivity contribution in [2.45, 2.75) is 6.04 Å². The summed E-state index contributed by atoms with van der Waals surface area (Å²) >= 11 is 5.95. The summed E-state index contributed by atoms with van der Waals surface area (Å²) in [6, 6.07) is 10.2. The van der Waals surface area contributed by atoms with Crippen LogP contribution in [0.3, 0.4) is 0 Å². The molecule has 0 aliphatic carbocycles. The molecule has 1 aliphatic rings. The molecule has 136 valence electrons. The van der Waals surface area contributed by atoms with Gasteiger partial charge in [0.1, 0.15) is 6.04 Å². The van der Waals surface area contributed by atoms with E-state index in [2.05, 4.69) is 4.98 Å². The zero-order valence-corrected chi connectivity index (χ0v) is 15.2. The number of carbonyl (C=O) groups excluding carboxylic acids is 2. The minimum Gasteiger partial charge on any atom is -0.468 e. The molecular weight excluding hydrogens is 354 g/mol. The lowest BCUT2D eigenvalue weighted by molar-refractivity contribution is -0.148. The number of ether oxygens (including phenoxy) is 1. The average Bonchev–Trinajstić information content (AvgIpc) is 2.70. The fourth-order valence-corrected chi connectivity index (χ4v) is 3.23. The predicted molar refractivity (Wildman–Crippen MR) is 97.9 cm³/mol. The first-order valence-corrected chi connectivity index (χ1v) is 8.74. The van der Waals surface area contributed by atoms with Crippen LogP contribution in [0.4, 0.5) is 0 Å². The smallest absolute Gasteiger partial charge is 0.327 e. The van der Waals surface area contributed by atoms with Crippen molar-refractivity contribution in [2.24, 2.45) is 0 Å². The molecule has 1 aliphatic heterocycles. The Bertz CT molecular complexity index is 759. The molecule has 1 aromatic heterocycles. The van der Waals surface area contributed by atoms with E-state index in [1.807, 2.05) is 17.0 Å². The monoisotopic (exact) mass is 373 g/mol. The van der Waals surface area contributed by atoms with Gasteiger partial charge in [0.2, 0.25) is 0 Å². The number of hydrogen-bond donors (Lipinski definition) is 0. The Morgan fingerprint density at radius 1 is 1.12 bits per heavy atom. The first-order chi connectivity index (χ1) is 12.6. The highest BCUT2D eigenvalue weighted by Crippen LogP contribution is 2.25. The van der Waals surface area contributed by atoms with Crippen LogP contribution < -0.4 is 0 Å². The number of esters is 1. The summed E-state index contributed by atoms with van der Waals surface area (Å²) in [4.78, 5) is 32.7. The third kappa shape index (κ3) is 4.03. The molecule has 0 N–H and O–H groups in total. The lowest BCUT2D eigenvalue weighted by Gasteiger charge is -2.38. The third-order valence-electron chi connectivity index (χ3n) is 4.49. The van der Waals surface area contributed by atoms with E-state index in [-0.39, 0.29) is 11.9 Å². The molecule has 1 atom stereocenters. The molecule has 6 nitrogen and oxygen atoms in total. The largest absolute Gasteiger partial charge is 0.468 e. The summed E-state index contributed by atoms with van der Waals surface area (Å²) in [6.45, 7) is 2.23. The zero-order valence-electron chi connectivity index (χ0n) is 14.5. The van der Waals surface area contributed by atoms with Gasteiger partial charge in [0.15, 0.2) is 0 Å². The topological polar surface area (TPSA) is 62.7 Å². The molecular formula is C19H20ClN3O3. The molecule has 1 amide bonds. The van der Waals surface area contributed by atoms with Crippen LogP contribution in [0.2, 0.25) is 5.02 Å². The Balaban J connectivity index is 1.71. The maximum Gasteiger partial charge on any atom is 0.327 e. The minimum absolute atomic E-state index is 0.0427. The molecule has 1 aromatic carbocycles. The van der Waals surface area contributed by atoms with Crippen molar-refractivity contribution < 1.29 is 14.3 Å². The number of aromatic nitrogens is 1. The number of rotatable bonds is 4. The van der Waals surface area contributed by atoms with E-state index in [9.17, 15) is 9.59 Å². The molecule has 3 rings (SSSR count). The highest BCUT2D eigenvalue weighted by Gasteiger charge is 2.32. The second-order valence-electron chi connectivity index (χ2n) is 6.05. The Labute approximate surface area is 157 Å². The molecule has 0 spiro atoms. The van der Waals surface area contributed by atoms with Crippen LogP contribution in [-0.2, 0) is 9.53 Å². The molecule has 0 saturated carbocycles. The van der Waals surface area contributed by atoms with Gasteiger partial charge in [-0.1, -0.05) is 23.7 Å². The second kappa shape index (κ2) is 8.29. The van der Waals surface area contributed by atoms with Crippen molar-refractivity contribution >= 4 is 23.5 Å². The van der Waals surface area contributed by atoms with E-state index >= 15 is 0 Å². The van der Waals surface area contributed by atoms with Gasteiger partial charge >= 0.3 is 5.97 Å². The fourth-order valence-electron chi connectivity index (χ4n) is 3.11. The Morgan fingerprint density at radius 2 is 1.81 bits per heavy atom. The zero-order chi connectivity index (χ0) is 18.5. The molecule has 26 heavy (non-hydrogen) atoms. The van der Waals surface area contributed by atoms with Gasteiger partial charge in [0.05, 0.1) is 12.7 Å². The van der Waals surface area contributed by atoms with Gasteiger partial charge in [0, 0.05) is 43.6 Å². The number of pyridine rings is 1. The first-order valence-electron chi connectivity index (χ1n) is 8.37. The molecule has 1 saturated heterocycles. The van der Waals surface area contributed by atoms with Crippen molar-refractivity contribution in [3.63, 3.8) is 0 Å². The van der Waals surface area contributed by atoms with Gasteiger partial charge in [-0.25, -0.2) is 4.79 Å². The molecule has 7 heteroatoms. The number of nitrogens with zero attached hydrogens (tertiary/aromatic N) is 3. The quantitative estimate of drug-likeness (QED) is 0.770. The highest BCUT2D eigenvalue weighted by molar-refractivity contribution is 6.30. The van der Waals surface area contributed by atoms with E-state index in [1.54, 1.807) is 41.6 Å². The van der Waals surface area contributed by atoms with Crippen molar-refractivity contribution in [3.8, 4) is 0 Å². The summed E-state index contributed by atoms with van der Waals surface area (Å²) in [5, 5.41) is 0.615. The Morgan fingerprint density at radius 3 is 2.38 bits per heavy atom. The SMILES string of the molecule is COC(=O)[C@@H](c1ccc(Cl)cc1)N1CCN(C(=O)c2cccnc2)CC1. The van der Waals surface area contributed by atoms with Crippen LogP contribution in [0.15, 0.2) is 48.8 Å². The normalized spacial score (nSPS) is 16.2.